The Morgan fingerprint density at radius 2 is 1.75 bits per heavy atom. The Kier molecular flexibility index (Phi) is 4.29. The van der Waals surface area contributed by atoms with Crippen molar-refractivity contribution in [2.24, 2.45) is 0 Å². The van der Waals surface area contributed by atoms with Crippen LogP contribution in [0.15, 0.2) is 58.6 Å². The van der Waals surface area contributed by atoms with Crippen molar-refractivity contribution < 1.29 is 4.79 Å². The summed E-state index contributed by atoms with van der Waals surface area (Å²) in [5, 5.41) is 12.5. The Balaban J connectivity index is 2.09. The molecule has 0 saturated heterocycles. The van der Waals surface area contributed by atoms with E-state index in [4.69, 9.17) is 0 Å². The van der Waals surface area contributed by atoms with Crippen molar-refractivity contribution in [3.8, 4) is 6.07 Å². The number of benzene rings is 2. The number of amides is 1. The average molecular weight is 381 g/mol. The molecule has 0 bridgehead atoms. The molecule has 0 saturated carbocycles. The number of aryl methyl sites for hydroxylation is 1. The van der Waals surface area contributed by atoms with Gasteiger partial charge >= 0.3 is 0 Å². The van der Waals surface area contributed by atoms with Crippen molar-refractivity contribution in [3.05, 3.63) is 75.3 Å². The molecule has 1 aliphatic rings. The molecular formula is C20H17BrN2O. The predicted molar refractivity (Wildman–Crippen MR) is 98.0 cm³/mol. The lowest BCUT2D eigenvalue weighted by Gasteiger charge is -2.36. The zero-order valence-corrected chi connectivity index (χ0v) is 15.1. The third kappa shape index (κ3) is 3.00. The average Bonchev–Trinajstić information content (AvgIpc) is 2.55. The van der Waals surface area contributed by atoms with E-state index in [-0.39, 0.29) is 11.5 Å². The molecule has 0 aliphatic carbocycles. The van der Waals surface area contributed by atoms with Crippen molar-refractivity contribution in [2.75, 3.05) is 0 Å². The van der Waals surface area contributed by atoms with Gasteiger partial charge in [0.2, 0.25) is 0 Å². The van der Waals surface area contributed by atoms with E-state index in [1.807, 2.05) is 62.4 Å². The number of hydrogen-bond donors (Lipinski definition) is 1. The van der Waals surface area contributed by atoms with Gasteiger partial charge in [-0.25, -0.2) is 0 Å². The first-order valence-electron chi connectivity index (χ1n) is 7.72. The quantitative estimate of drug-likeness (QED) is 0.835. The topological polar surface area (TPSA) is 52.9 Å². The minimum absolute atomic E-state index is 0.202. The molecule has 2 aromatic rings. The predicted octanol–water partition coefficient (Wildman–Crippen LogP) is 4.47. The molecule has 3 nitrogen and oxygen atoms in total. The van der Waals surface area contributed by atoms with Crippen LogP contribution in [0.4, 0.5) is 0 Å². The zero-order chi connectivity index (χ0) is 17.3. The minimum atomic E-state index is -0.543. The van der Waals surface area contributed by atoms with E-state index in [0.29, 0.717) is 6.42 Å². The van der Waals surface area contributed by atoms with Crippen molar-refractivity contribution in [3.63, 3.8) is 0 Å². The Hall–Kier alpha value is -2.38. The van der Waals surface area contributed by atoms with E-state index in [2.05, 4.69) is 27.3 Å². The Morgan fingerprint density at radius 1 is 1.12 bits per heavy atom. The number of hydrogen-bond acceptors (Lipinski definition) is 2. The number of rotatable bonds is 2. The number of nitrogens with one attached hydrogen (secondary N) is 1. The fraction of sp³-hybridized carbons (Fsp3) is 0.200. The molecule has 1 amide bonds. The Morgan fingerprint density at radius 3 is 2.33 bits per heavy atom. The van der Waals surface area contributed by atoms with Gasteiger partial charge in [0.05, 0.1) is 5.54 Å². The minimum Gasteiger partial charge on any atom is -0.342 e. The summed E-state index contributed by atoms with van der Waals surface area (Å²) in [6.07, 6.45) is 0.576. The van der Waals surface area contributed by atoms with Gasteiger partial charge in [-0.05, 0) is 42.7 Å². The van der Waals surface area contributed by atoms with Crippen LogP contribution in [0.25, 0.3) is 5.57 Å². The maximum Gasteiger partial charge on any atom is 0.262 e. The summed E-state index contributed by atoms with van der Waals surface area (Å²) in [6, 6.07) is 17.9. The van der Waals surface area contributed by atoms with Crippen molar-refractivity contribution in [1.29, 1.82) is 5.26 Å². The number of halogens is 1. The Bertz CT molecular complexity index is 860. The highest BCUT2D eigenvalue weighted by Crippen LogP contribution is 2.38. The van der Waals surface area contributed by atoms with E-state index >= 15 is 0 Å². The van der Waals surface area contributed by atoms with Gasteiger partial charge in [0.25, 0.3) is 5.91 Å². The summed E-state index contributed by atoms with van der Waals surface area (Å²) in [7, 11) is 0. The van der Waals surface area contributed by atoms with E-state index < -0.39 is 5.54 Å². The van der Waals surface area contributed by atoms with Gasteiger partial charge in [-0.2, -0.15) is 5.26 Å². The molecule has 0 spiro atoms. The first-order valence-corrected chi connectivity index (χ1v) is 8.51. The number of carbonyl (C=O) groups excluding carboxylic acids is 1. The maximum absolute atomic E-state index is 12.5. The van der Waals surface area contributed by atoms with Crippen LogP contribution < -0.4 is 5.32 Å². The van der Waals surface area contributed by atoms with Crippen LogP contribution in [0, 0.1) is 18.3 Å². The van der Waals surface area contributed by atoms with Gasteiger partial charge in [0, 0.05) is 10.9 Å². The number of nitriles is 1. The molecule has 2 aromatic carbocycles. The van der Waals surface area contributed by atoms with Crippen LogP contribution in [0.3, 0.4) is 0 Å². The SMILES string of the molecule is Cc1ccc(C2=C(C#N)C(=O)NC(C)(c3ccc(Br)cc3)C2)cc1. The van der Waals surface area contributed by atoms with Crippen LogP contribution in [-0.4, -0.2) is 5.91 Å². The second-order valence-corrected chi connectivity index (χ2v) is 7.22. The van der Waals surface area contributed by atoms with Crippen molar-refractivity contribution in [2.45, 2.75) is 25.8 Å². The fourth-order valence-corrected chi connectivity index (χ4v) is 3.31. The first-order chi connectivity index (χ1) is 11.4. The zero-order valence-electron chi connectivity index (χ0n) is 13.6. The van der Waals surface area contributed by atoms with Crippen molar-refractivity contribution in [1.82, 2.24) is 5.32 Å². The molecule has 1 aliphatic heterocycles. The molecule has 1 N–H and O–H groups in total. The maximum atomic E-state index is 12.5. The summed E-state index contributed by atoms with van der Waals surface area (Å²) in [6.45, 7) is 4.01. The molecule has 4 heteroatoms. The van der Waals surface area contributed by atoms with Crippen LogP contribution in [-0.2, 0) is 10.3 Å². The van der Waals surface area contributed by atoms with Gasteiger partial charge in [-0.3, -0.25) is 4.79 Å². The van der Waals surface area contributed by atoms with E-state index in [1.54, 1.807) is 0 Å². The van der Waals surface area contributed by atoms with Crippen LogP contribution >= 0.6 is 15.9 Å². The van der Waals surface area contributed by atoms with Gasteiger partial charge < -0.3 is 5.32 Å². The van der Waals surface area contributed by atoms with E-state index in [9.17, 15) is 10.1 Å². The normalized spacial score (nSPS) is 20.5. The van der Waals surface area contributed by atoms with Crippen LogP contribution in [0.2, 0.25) is 0 Å². The highest BCUT2D eigenvalue weighted by molar-refractivity contribution is 9.10. The van der Waals surface area contributed by atoms with Crippen LogP contribution in [0.1, 0.15) is 30.0 Å². The molecule has 1 unspecified atom stereocenters. The fourth-order valence-electron chi connectivity index (χ4n) is 3.05. The molecule has 0 aromatic heterocycles. The molecular weight excluding hydrogens is 364 g/mol. The van der Waals surface area contributed by atoms with Gasteiger partial charge in [-0.1, -0.05) is 57.9 Å². The largest absolute Gasteiger partial charge is 0.342 e. The smallest absolute Gasteiger partial charge is 0.262 e. The lowest BCUT2D eigenvalue weighted by atomic mass is 9.78. The highest BCUT2D eigenvalue weighted by Gasteiger charge is 2.37. The number of carbonyl (C=O) groups is 1. The van der Waals surface area contributed by atoms with Gasteiger partial charge in [0.1, 0.15) is 11.6 Å². The molecule has 0 fully saturated rings. The van der Waals surface area contributed by atoms with E-state index in [0.717, 1.165) is 26.7 Å². The third-order valence-electron chi connectivity index (χ3n) is 4.44. The molecule has 3 rings (SSSR count). The molecule has 24 heavy (non-hydrogen) atoms. The lowest BCUT2D eigenvalue weighted by Crippen LogP contribution is -2.47. The summed E-state index contributed by atoms with van der Waals surface area (Å²) >= 11 is 3.44. The lowest BCUT2D eigenvalue weighted by molar-refractivity contribution is -0.119. The standard InChI is InChI=1S/C20H17BrN2O/c1-13-3-5-14(6-4-13)17-11-20(2,23-19(24)18(17)12-22)15-7-9-16(21)10-8-15/h3-10H,11H2,1-2H3,(H,23,24). The summed E-state index contributed by atoms with van der Waals surface area (Å²) in [5.41, 5.74) is 3.54. The molecule has 0 radical (unpaired) electrons. The van der Waals surface area contributed by atoms with Crippen molar-refractivity contribution >= 4 is 27.4 Å². The molecule has 120 valence electrons. The second-order valence-electron chi connectivity index (χ2n) is 6.30. The Labute approximate surface area is 150 Å². The summed E-state index contributed by atoms with van der Waals surface area (Å²) in [5.74, 6) is -0.315. The molecule has 1 heterocycles. The molecule has 1 atom stereocenters. The van der Waals surface area contributed by atoms with Crippen LogP contribution in [0.5, 0.6) is 0 Å². The first kappa shape index (κ1) is 16.5. The summed E-state index contributed by atoms with van der Waals surface area (Å²) in [4.78, 5) is 12.5. The summed E-state index contributed by atoms with van der Waals surface area (Å²) < 4.78 is 0.990. The van der Waals surface area contributed by atoms with Gasteiger partial charge in [0.15, 0.2) is 0 Å². The van der Waals surface area contributed by atoms with E-state index in [1.165, 1.54) is 0 Å². The second kappa shape index (κ2) is 6.26. The highest BCUT2D eigenvalue weighted by atomic mass is 79.9. The van der Waals surface area contributed by atoms with Gasteiger partial charge in [-0.15, -0.1) is 0 Å². The number of nitrogens with zero attached hydrogens (tertiary/aromatic N) is 1. The third-order valence-corrected chi connectivity index (χ3v) is 4.97. The monoisotopic (exact) mass is 380 g/mol.